The van der Waals surface area contributed by atoms with Gasteiger partial charge in [-0.1, -0.05) is 0 Å². The van der Waals surface area contributed by atoms with Crippen molar-refractivity contribution >= 4 is 23.4 Å². The van der Waals surface area contributed by atoms with Crippen LogP contribution < -0.4 is 18.9 Å². The second kappa shape index (κ2) is 6.39. The van der Waals surface area contributed by atoms with Gasteiger partial charge in [-0.05, 0) is 27.7 Å². The van der Waals surface area contributed by atoms with Crippen molar-refractivity contribution in [3.8, 4) is 0 Å². The summed E-state index contributed by atoms with van der Waals surface area (Å²) in [6.45, 7) is 7.82. The Kier molecular flexibility index (Phi) is 5.48. The van der Waals surface area contributed by atoms with Crippen molar-refractivity contribution in [2.75, 3.05) is 6.54 Å². The molecule has 112 valence electrons. The van der Waals surface area contributed by atoms with Crippen LogP contribution in [0.3, 0.4) is 0 Å². The van der Waals surface area contributed by atoms with E-state index in [0.717, 1.165) is 21.9 Å². The number of ether oxygens (including phenoxy) is 1. The summed E-state index contributed by atoms with van der Waals surface area (Å²) in [6.07, 6.45) is 0.184. The van der Waals surface area contributed by atoms with E-state index in [1.807, 2.05) is 27.7 Å². The molecule has 0 fully saturated rings. The van der Waals surface area contributed by atoms with Gasteiger partial charge in [0.15, 0.2) is 0 Å². The Labute approximate surface area is 141 Å². The molecule has 1 aromatic rings. The average Bonchev–Trinajstić information content (AvgIpc) is 2.71. The molecule has 1 atom stereocenters. The zero-order chi connectivity index (χ0) is 15.1. The number of fused-ring (bicyclic) bond motifs is 1. The third-order valence-electron chi connectivity index (χ3n) is 2.97. The molecule has 1 unspecified atom stereocenters. The van der Waals surface area contributed by atoms with E-state index < -0.39 is 11.6 Å². The van der Waals surface area contributed by atoms with Gasteiger partial charge in [0.1, 0.15) is 5.60 Å². The number of thiazole rings is 1. The van der Waals surface area contributed by atoms with Crippen molar-refractivity contribution in [2.24, 2.45) is 0 Å². The first-order valence-corrected chi connectivity index (χ1v) is 7.23. The van der Waals surface area contributed by atoms with E-state index in [1.54, 1.807) is 4.90 Å². The van der Waals surface area contributed by atoms with Gasteiger partial charge in [0.2, 0.25) is 5.01 Å². The summed E-state index contributed by atoms with van der Waals surface area (Å²) in [5, 5.41) is 9.07. The number of aromatic nitrogens is 1. The molecule has 2 rings (SSSR count). The standard InChI is InChI=1S/C13H18N2O4S.Li.H/c1-7-9-8(14-10(20-9)11(16)17)5-6-15(7)12(18)19-13(2,3)4;;/h7H,5-6H2,1-4H3,(H,16,17);;/q;+1;-1. The van der Waals surface area contributed by atoms with Gasteiger partial charge >= 0.3 is 30.9 Å². The molecule has 0 bridgehead atoms. The normalized spacial score (nSPS) is 17.7. The molecule has 1 aromatic heterocycles. The smallest absolute Gasteiger partial charge is 1.00 e. The molecule has 6 nitrogen and oxygen atoms in total. The summed E-state index contributed by atoms with van der Waals surface area (Å²) in [5.41, 5.74) is 0.233. The molecule has 2 heterocycles. The molecule has 1 N–H and O–H groups in total. The van der Waals surface area contributed by atoms with Gasteiger partial charge in [-0.2, -0.15) is 0 Å². The van der Waals surface area contributed by atoms with Crippen LogP contribution in [0.1, 0.15) is 55.5 Å². The Morgan fingerprint density at radius 2 is 2.10 bits per heavy atom. The molecular weight excluding hydrogens is 287 g/mol. The fourth-order valence-electron chi connectivity index (χ4n) is 2.09. The fraction of sp³-hybridized carbons (Fsp3) is 0.615. The number of rotatable bonds is 1. The van der Waals surface area contributed by atoms with E-state index in [4.69, 9.17) is 9.84 Å². The monoisotopic (exact) mass is 306 g/mol. The summed E-state index contributed by atoms with van der Waals surface area (Å²) in [7, 11) is 0. The number of hydrogen-bond acceptors (Lipinski definition) is 5. The minimum Gasteiger partial charge on any atom is -1.00 e. The number of carboxylic acid groups (broad SMARTS) is 1. The largest absolute Gasteiger partial charge is 1.00 e. The zero-order valence-corrected chi connectivity index (χ0v) is 13.8. The van der Waals surface area contributed by atoms with Crippen LogP contribution in [0.5, 0.6) is 0 Å². The summed E-state index contributed by atoms with van der Waals surface area (Å²) < 4.78 is 5.37. The van der Waals surface area contributed by atoms with Gasteiger partial charge in [-0.25, -0.2) is 14.6 Å². The Morgan fingerprint density at radius 3 is 2.62 bits per heavy atom. The van der Waals surface area contributed by atoms with Crippen LogP contribution in [0.25, 0.3) is 0 Å². The van der Waals surface area contributed by atoms with Crippen molar-refractivity contribution < 1.29 is 39.7 Å². The maximum absolute atomic E-state index is 12.1. The minimum atomic E-state index is -1.03. The maximum Gasteiger partial charge on any atom is 1.00 e. The Bertz CT molecular complexity index is 559. The van der Waals surface area contributed by atoms with Crippen LogP contribution in [-0.4, -0.2) is 39.2 Å². The van der Waals surface area contributed by atoms with E-state index in [1.165, 1.54) is 0 Å². The summed E-state index contributed by atoms with van der Waals surface area (Å²) in [5.74, 6) is -1.03. The number of hydrogen-bond donors (Lipinski definition) is 1. The Hall–Kier alpha value is -1.03. The first-order chi connectivity index (χ1) is 9.19. The molecule has 8 heteroatoms. The summed E-state index contributed by atoms with van der Waals surface area (Å²) in [4.78, 5) is 29.7. The molecule has 0 radical (unpaired) electrons. The molecule has 1 amide bonds. The molecule has 0 aliphatic carbocycles. The number of aromatic carboxylic acids is 1. The van der Waals surface area contributed by atoms with Gasteiger partial charge in [0, 0.05) is 13.0 Å². The molecule has 0 saturated carbocycles. The van der Waals surface area contributed by atoms with Crippen LogP contribution in [0, 0.1) is 0 Å². The molecular formula is C13H19LiN2O4S. The number of carbonyl (C=O) groups excluding carboxylic acids is 1. The topological polar surface area (TPSA) is 79.7 Å². The molecule has 0 saturated heterocycles. The predicted octanol–water partition coefficient (Wildman–Crippen LogP) is -0.188. The van der Waals surface area contributed by atoms with Crippen LogP contribution in [0.2, 0.25) is 0 Å². The number of amides is 1. The third-order valence-corrected chi connectivity index (χ3v) is 4.23. The van der Waals surface area contributed by atoms with Crippen LogP contribution >= 0.6 is 11.3 Å². The number of nitrogens with zero attached hydrogens (tertiary/aromatic N) is 2. The second-order valence-corrected chi connectivity index (χ2v) is 6.77. The third kappa shape index (κ3) is 4.00. The van der Waals surface area contributed by atoms with Crippen molar-refractivity contribution in [1.82, 2.24) is 9.88 Å². The SMILES string of the molecule is CC1c2sc(C(=O)O)nc2CCN1C(=O)OC(C)(C)C.[H-].[Li+]. The van der Waals surface area contributed by atoms with E-state index in [9.17, 15) is 9.59 Å². The van der Waals surface area contributed by atoms with Gasteiger partial charge in [-0.15, -0.1) is 11.3 Å². The Morgan fingerprint density at radius 1 is 1.48 bits per heavy atom. The van der Waals surface area contributed by atoms with Gasteiger partial charge in [0.25, 0.3) is 0 Å². The van der Waals surface area contributed by atoms with Crippen LogP contribution in [0.4, 0.5) is 4.79 Å². The van der Waals surface area contributed by atoms with E-state index in [-0.39, 0.29) is 37.4 Å². The first-order valence-electron chi connectivity index (χ1n) is 6.41. The maximum atomic E-state index is 12.1. The first kappa shape index (κ1) is 18.0. The van der Waals surface area contributed by atoms with Crippen LogP contribution in [-0.2, 0) is 11.2 Å². The zero-order valence-electron chi connectivity index (χ0n) is 14.0. The van der Waals surface area contributed by atoms with Gasteiger partial charge in [-0.3, -0.25) is 0 Å². The Balaban J connectivity index is 0.00000220. The molecule has 0 spiro atoms. The summed E-state index contributed by atoms with van der Waals surface area (Å²) >= 11 is 1.13. The molecule has 0 aromatic carbocycles. The van der Waals surface area contributed by atoms with Crippen molar-refractivity contribution in [1.29, 1.82) is 0 Å². The fourth-order valence-corrected chi connectivity index (χ4v) is 3.11. The second-order valence-electron chi connectivity index (χ2n) is 5.73. The van der Waals surface area contributed by atoms with Crippen molar-refractivity contribution in [2.45, 2.75) is 45.8 Å². The minimum absolute atomic E-state index is 0. The average molecular weight is 306 g/mol. The number of carbonyl (C=O) groups is 2. The predicted molar refractivity (Wildman–Crippen MR) is 75.2 cm³/mol. The quantitative estimate of drug-likeness (QED) is 0.728. The van der Waals surface area contributed by atoms with E-state index in [0.29, 0.717) is 13.0 Å². The van der Waals surface area contributed by atoms with Crippen LogP contribution in [0.15, 0.2) is 0 Å². The molecule has 21 heavy (non-hydrogen) atoms. The van der Waals surface area contributed by atoms with E-state index >= 15 is 0 Å². The number of carboxylic acids is 1. The van der Waals surface area contributed by atoms with Crippen molar-refractivity contribution in [3.05, 3.63) is 15.6 Å². The molecule has 1 aliphatic rings. The molecule has 1 aliphatic heterocycles. The van der Waals surface area contributed by atoms with Gasteiger partial charge < -0.3 is 16.2 Å². The van der Waals surface area contributed by atoms with Gasteiger partial charge in [0.05, 0.1) is 16.6 Å². The summed E-state index contributed by atoms with van der Waals surface area (Å²) in [6, 6.07) is -0.209. The van der Waals surface area contributed by atoms with Crippen molar-refractivity contribution in [3.63, 3.8) is 0 Å². The van der Waals surface area contributed by atoms with E-state index in [2.05, 4.69) is 4.98 Å².